The second kappa shape index (κ2) is 4.98. The van der Waals surface area contributed by atoms with Crippen LogP contribution in [0.3, 0.4) is 0 Å². The van der Waals surface area contributed by atoms with Crippen LogP contribution in [0.5, 0.6) is 0 Å². The molecule has 3 heteroatoms. The highest BCUT2D eigenvalue weighted by molar-refractivity contribution is 5.12. The zero-order valence-corrected chi connectivity index (χ0v) is 11.5. The van der Waals surface area contributed by atoms with Gasteiger partial charge in [-0.05, 0) is 31.1 Å². The number of hydrogen-bond donors (Lipinski definition) is 0. The maximum absolute atomic E-state index is 4.32. The molecule has 0 unspecified atom stereocenters. The number of nitrogens with zero attached hydrogens (tertiary/aromatic N) is 3. The van der Waals surface area contributed by atoms with Crippen LogP contribution in [0.4, 0.5) is 0 Å². The van der Waals surface area contributed by atoms with Crippen LogP contribution in [0.2, 0.25) is 0 Å². The van der Waals surface area contributed by atoms with E-state index >= 15 is 0 Å². The summed E-state index contributed by atoms with van der Waals surface area (Å²) < 4.78 is 2.04. The van der Waals surface area contributed by atoms with Gasteiger partial charge in [-0.15, -0.1) is 5.10 Å². The van der Waals surface area contributed by atoms with Gasteiger partial charge in [0.15, 0.2) is 0 Å². The number of hydrogen-bond acceptors (Lipinski definition) is 2. The molecule has 0 radical (unpaired) electrons. The van der Waals surface area contributed by atoms with E-state index in [0.29, 0.717) is 11.3 Å². The Bertz CT molecular complexity index is 331. The predicted molar refractivity (Wildman–Crippen MR) is 67.4 cm³/mol. The average Bonchev–Trinajstić information content (AvgIpc) is 2.45. The Kier molecular flexibility index (Phi) is 4.11. The first-order valence-corrected chi connectivity index (χ1v) is 6.24. The molecule has 1 aromatic heterocycles. The molecule has 1 rings (SSSR count). The van der Waals surface area contributed by atoms with Gasteiger partial charge in [-0.2, -0.15) is 0 Å². The first-order valence-electron chi connectivity index (χ1n) is 6.24. The third-order valence-corrected chi connectivity index (χ3v) is 2.52. The zero-order valence-electron chi connectivity index (χ0n) is 11.5. The first kappa shape index (κ1) is 13.2. The van der Waals surface area contributed by atoms with Gasteiger partial charge >= 0.3 is 0 Å². The Morgan fingerprint density at radius 1 is 1.25 bits per heavy atom. The molecule has 0 atom stereocenters. The highest BCUT2D eigenvalue weighted by atomic mass is 15.4. The summed E-state index contributed by atoms with van der Waals surface area (Å²) in [5.74, 6) is 0.640. The summed E-state index contributed by atoms with van der Waals surface area (Å²) in [6, 6.07) is 0. The molecule has 0 bridgehead atoms. The molecule has 0 saturated carbocycles. The van der Waals surface area contributed by atoms with Gasteiger partial charge in [-0.25, -0.2) is 4.68 Å². The summed E-state index contributed by atoms with van der Waals surface area (Å²) >= 11 is 0. The summed E-state index contributed by atoms with van der Waals surface area (Å²) in [7, 11) is 0. The Morgan fingerprint density at radius 3 is 2.31 bits per heavy atom. The van der Waals surface area contributed by atoms with Crippen molar-refractivity contribution in [2.45, 2.75) is 60.9 Å². The molecule has 0 aliphatic rings. The molecule has 3 nitrogen and oxygen atoms in total. The van der Waals surface area contributed by atoms with Crippen LogP contribution in [0, 0.1) is 11.3 Å². The molecule has 0 aliphatic carbocycles. The van der Waals surface area contributed by atoms with Gasteiger partial charge in [0.05, 0.1) is 11.4 Å². The van der Waals surface area contributed by atoms with E-state index in [1.807, 2.05) is 4.68 Å². The topological polar surface area (TPSA) is 30.7 Å². The maximum Gasteiger partial charge on any atom is 0.0861 e. The van der Waals surface area contributed by atoms with E-state index in [2.05, 4.69) is 51.9 Å². The first-order chi connectivity index (χ1) is 7.33. The van der Waals surface area contributed by atoms with E-state index in [0.717, 1.165) is 19.4 Å². The molecule has 0 N–H and O–H groups in total. The molecular formula is C13H25N3. The van der Waals surface area contributed by atoms with Crippen molar-refractivity contribution in [1.82, 2.24) is 15.0 Å². The van der Waals surface area contributed by atoms with E-state index in [-0.39, 0.29) is 0 Å². The van der Waals surface area contributed by atoms with Gasteiger partial charge in [0.2, 0.25) is 0 Å². The van der Waals surface area contributed by atoms with Crippen molar-refractivity contribution in [3.63, 3.8) is 0 Å². The van der Waals surface area contributed by atoms with Gasteiger partial charge in [0.25, 0.3) is 0 Å². The molecule has 0 saturated heterocycles. The molecule has 1 heterocycles. The lowest BCUT2D eigenvalue weighted by atomic mass is 9.89. The second-order valence-corrected chi connectivity index (χ2v) is 6.13. The van der Waals surface area contributed by atoms with Crippen molar-refractivity contribution in [1.29, 1.82) is 0 Å². The molecule has 0 aromatic carbocycles. The summed E-state index contributed by atoms with van der Waals surface area (Å²) in [6.45, 7) is 14.3. The summed E-state index contributed by atoms with van der Waals surface area (Å²) in [4.78, 5) is 0. The molecule has 0 spiro atoms. The quantitative estimate of drug-likeness (QED) is 0.785. The lowest BCUT2D eigenvalue weighted by Gasteiger charge is -2.19. The Hall–Kier alpha value is -0.860. The van der Waals surface area contributed by atoms with Gasteiger partial charge in [-0.3, -0.25) is 0 Å². The lowest BCUT2D eigenvalue weighted by Crippen LogP contribution is -2.15. The summed E-state index contributed by atoms with van der Waals surface area (Å²) in [5.41, 5.74) is 2.80. The average molecular weight is 223 g/mol. The van der Waals surface area contributed by atoms with Crippen molar-refractivity contribution in [2.24, 2.45) is 11.3 Å². The molecule has 92 valence electrons. The van der Waals surface area contributed by atoms with Crippen LogP contribution in [0.25, 0.3) is 0 Å². The minimum atomic E-state index is 0.292. The van der Waals surface area contributed by atoms with E-state index in [1.165, 1.54) is 11.4 Å². The van der Waals surface area contributed by atoms with Crippen LogP contribution in [-0.2, 0) is 19.4 Å². The SMILES string of the molecule is CCn1nnc(CC(C)C)c1CC(C)(C)C. The van der Waals surface area contributed by atoms with Crippen molar-refractivity contribution < 1.29 is 0 Å². The van der Waals surface area contributed by atoms with Crippen molar-refractivity contribution in [3.8, 4) is 0 Å². The second-order valence-electron chi connectivity index (χ2n) is 6.13. The fraction of sp³-hybridized carbons (Fsp3) is 0.846. The fourth-order valence-electron chi connectivity index (χ4n) is 1.86. The summed E-state index contributed by atoms with van der Waals surface area (Å²) in [6.07, 6.45) is 2.08. The van der Waals surface area contributed by atoms with Gasteiger partial charge < -0.3 is 0 Å². The third-order valence-electron chi connectivity index (χ3n) is 2.52. The lowest BCUT2D eigenvalue weighted by molar-refractivity contribution is 0.391. The van der Waals surface area contributed by atoms with Crippen LogP contribution in [-0.4, -0.2) is 15.0 Å². The Labute approximate surface area is 99.2 Å². The minimum absolute atomic E-state index is 0.292. The smallest absolute Gasteiger partial charge is 0.0861 e. The number of aromatic nitrogens is 3. The largest absolute Gasteiger partial charge is 0.249 e. The number of rotatable bonds is 4. The van der Waals surface area contributed by atoms with Crippen molar-refractivity contribution >= 4 is 0 Å². The summed E-state index contributed by atoms with van der Waals surface area (Å²) in [5, 5.41) is 8.56. The third kappa shape index (κ3) is 3.62. The standard InChI is InChI=1S/C13H25N3/c1-7-16-12(9-13(4,5)6)11(14-15-16)8-10(2)3/h10H,7-9H2,1-6H3. The van der Waals surface area contributed by atoms with Gasteiger partial charge in [0.1, 0.15) is 0 Å². The van der Waals surface area contributed by atoms with Gasteiger partial charge in [0, 0.05) is 6.54 Å². The van der Waals surface area contributed by atoms with Crippen molar-refractivity contribution in [3.05, 3.63) is 11.4 Å². The van der Waals surface area contributed by atoms with E-state index < -0.39 is 0 Å². The molecule has 1 aromatic rings. The molecular weight excluding hydrogens is 198 g/mol. The molecule has 0 aliphatic heterocycles. The van der Waals surface area contributed by atoms with Crippen LogP contribution in [0.1, 0.15) is 52.9 Å². The van der Waals surface area contributed by atoms with Crippen LogP contribution < -0.4 is 0 Å². The number of aryl methyl sites for hydroxylation is 1. The van der Waals surface area contributed by atoms with Gasteiger partial charge in [-0.1, -0.05) is 39.8 Å². The monoisotopic (exact) mass is 223 g/mol. The van der Waals surface area contributed by atoms with Crippen LogP contribution >= 0.6 is 0 Å². The Balaban J connectivity index is 2.96. The Morgan fingerprint density at radius 2 is 1.88 bits per heavy atom. The normalized spacial score (nSPS) is 12.4. The fourth-order valence-corrected chi connectivity index (χ4v) is 1.86. The van der Waals surface area contributed by atoms with E-state index in [4.69, 9.17) is 0 Å². The van der Waals surface area contributed by atoms with Crippen molar-refractivity contribution in [2.75, 3.05) is 0 Å². The van der Waals surface area contributed by atoms with Crippen LogP contribution in [0.15, 0.2) is 0 Å². The minimum Gasteiger partial charge on any atom is -0.249 e. The molecule has 0 amide bonds. The molecule has 0 fully saturated rings. The maximum atomic E-state index is 4.32. The predicted octanol–water partition coefficient (Wildman–Crippen LogP) is 3.09. The van der Waals surface area contributed by atoms with E-state index in [9.17, 15) is 0 Å². The zero-order chi connectivity index (χ0) is 12.3. The highest BCUT2D eigenvalue weighted by Gasteiger charge is 2.19. The van der Waals surface area contributed by atoms with E-state index in [1.54, 1.807) is 0 Å². The molecule has 16 heavy (non-hydrogen) atoms. The highest BCUT2D eigenvalue weighted by Crippen LogP contribution is 2.23.